The second kappa shape index (κ2) is 8.12. The summed E-state index contributed by atoms with van der Waals surface area (Å²) in [5.41, 5.74) is 2.57. The number of rotatable bonds is 4. The van der Waals surface area contributed by atoms with E-state index in [1.165, 1.54) is 11.1 Å². The molecule has 0 aliphatic heterocycles. The quantitative estimate of drug-likeness (QED) is 0.563. The predicted octanol–water partition coefficient (Wildman–Crippen LogP) is 1.25. The van der Waals surface area contributed by atoms with Crippen LogP contribution in [-0.4, -0.2) is 0 Å². The maximum absolute atomic E-state index is 4.19. The minimum atomic E-state index is 0. The molecule has 0 aromatic heterocycles. The van der Waals surface area contributed by atoms with Gasteiger partial charge in [0.25, 0.3) is 0 Å². The zero-order valence-corrected chi connectivity index (χ0v) is 13.5. The minimum absolute atomic E-state index is 0. The molecule has 1 unspecified atom stereocenters. The van der Waals surface area contributed by atoms with Gasteiger partial charge in [0.2, 0.25) is 0 Å². The molecule has 2 aromatic rings. The summed E-state index contributed by atoms with van der Waals surface area (Å²) >= 11 is 0. The summed E-state index contributed by atoms with van der Waals surface area (Å²) in [5.74, 6) is 0.335. The summed E-state index contributed by atoms with van der Waals surface area (Å²) in [7, 11) is 0. The molecule has 82 valence electrons. The fourth-order valence-electron chi connectivity index (χ4n) is 1.73. The first-order chi connectivity index (χ1) is 7.86. The Bertz CT molecular complexity index is 408. The van der Waals surface area contributed by atoms with Gasteiger partial charge in [-0.1, -0.05) is 42.0 Å². The molecule has 0 fully saturated rings. The van der Waals surface area contributed by atoms with E-state index >= 15 is 0 Å². The van der Waals surface area contributed by atoms with Crippen molar-refractivity contribution >= 4 is 0 Å². The molecule has 2 aromatic carbocycles. The van der Waals surface area contributed by atoms with Gasteiger partial charge in [0.15, 0.2) is 0 Å². The van der Waals surface area contributed by atoms with Crippen molar-refractivity contribution in [2.75, 3.05) is 0 Å². The van der Waals surface area contributed by atoms with Gasteiger partial charge >= 0.3 is 51.4 Å². The normalized spacial score (nSPS) is 11.4. The molecular weight excluding hydrogens is 231 g/mol. The van der Waals surface area contributed by atoms with Gasteiger partial charge in [-0.25, -0.2) is 0 Å². The van der Waals surface area contributed by atoms with Gasteiger partial charge < -0.3 is 6.92 Å². The van der Waals surface area contributed by atoms with Crippen LogP contribution >= 0.6 is 0 Å². The topological polar surface area (TPSA) is 0 Å². The van der Waals surface area contributed by atoms with Crippen LogP contribution in [0.4, 0.5) is 0 Å². The van der Waals surface area contributed by atoms with Crippen LogP contribution in [0.1, 0.15) is 23.5 Å². The zero-order valence-electron chi connectivity index (χ0n) is 10.3. The van der Waals surface area contributed by atoms with Gasteiger partial charge in [-0.05, 0) is 0 Å². The van der Waals surface area contributed by atoms with Crippen molar-refractivity contribution in [2.24, 2.45) is 0 Å². The van der Waals surface area contributed by atoms with Crippen molar-refractivity contribution in [1.82, 2.24) is 0 Å². The summed E-state index contributed by atoms with van der Waals surface area (Å²) in [5, 5.41) is 0. The Labute approximate surface area is 147 Å². The van der Waals surface area contributed by atoms with Gasteiger partial charge in [0.05, 0.1) is 0 Å². The molecule has 1 atom stereocenters. The van der Waals surface area contributed by atoms with Crippen LogP contribution in [0.25, 0.3) is 0 Å². The van der Waals surface area contributed by atoms with Crippen LogP contribution < -0.4 is 51.4 Å². The predicted molar refractivity (Wildman–Crippen MR) is 69.0 cm³/mol. The monoisotopic (exact) mass is 247 g/mol. The standard InChI is InChI=1S/C16H16.K/c1-14(16-10-6-3-7-11-16)12-13-15-8-4-2-5-9-15;/h2-11,13-14H,1,12H2;/q-2;+1. The van der Waals surface area contributed by atoms with Gasteiger partial charge in [-0.3, -0.25) is 0 Å². The molecule has 0 heterocycles. The van der Waals surface area contributed by atoms with Crippen LogP contribution in [0.2, 0.25) is 0 Å². The molecule has 0 saturated carbocycles. The van der Waals surface area contributed by atoms with Crippen molar-refractivity contribution in [3.05, 3.63) is 85.1 Å². The van der Waals surface area contributed by atoms with E-state index in [1.54, 1.807) is 0 Å². The minimum Gasteiger partial charge on any atom is -0.337 e. The molecule has 0 N–H and O–H groups in total. The van der Waals surface area contributed by atoms with Crippen molar-refractivity contribution in [2.45, 2.75) is 12.3 Å². The Morgan fingerprint density at radius 1 is 0.882 bits per heavy atom. The van der Waals surface area contributed by atoms with E-state index in [1.807, 2.05) is 12.1 Å². The fourth-order valence-corrected chi connectivity index (χ4v) is 1.73. The molecule has 0 nitrogen and oxygen atoms in total. The smallest absolute Gasteiger partial charge is 0.337 e. The Morgan fingerprint density at radius 2 is 1.41 bits per heavy atom. The SMILES string of the molecule is [CH2-]C(C[CH-]c1ccccc1)c1ccccc1.[K+]. The molecule has 0 amide bonds. The summed E-state index contributed by atoms with van der Waals surface area (Å²) in [6.07, 6.45) is 3.22. The van der Waals surface area contributed by atoms with E-state index in [0.29, 0.717) is 5.92 Å². The van der Waals surface area contributed by atoms with Crippen LogP contribution in [0.15, 0.2) is 60.7 Å². The first-order valence-electron chi connectivity index (χ1n) is 5.62. The third-order valence-electron chi connectivity index (χ3n) is 2.71. The summed E-state index contributed by atoms with van der Waals surface area (Å²) in [6, 6.07) is 20.8. The number of hydrogen-bond acceptors (Lipinski definition) is 0. The second-order valence-electron chi connectivity index (χ2n) is 3.96. The largest absolute Gasteiger partial charge is 1.00 e. The average Bonchev–Trinajstić information content (AvgIpc) is 2.38. The Balaban J connectivity index is 0.00000144. The van der Waals surface area contributed by atoms with Crippen molar-refractivity contribution in [3.63, 3.8) is 0 Å². The molecule has 0 saturated heterocycles. The van der Waals surface area contributed by atoms with E-state index in [4.69, 9.17) is 0 Å². The maximum atomic E-state index is 4.19. The number of hydrogen-bond donors (Lipinski definition) is 0. The maximum Gasteiger partial charge on any atom is 1.00 e. The molecule has 17 heavy (non-hydrogen) atoms. The summed E-state index contributed by atoms with van der Waals surface area (Å²) < 4.78 is 0. The third-order valence-corrected chi connectivity index (χ3v) is 2.71. The molecule has 0 aliphatic carbocycles. The van der Waals surface area contributed by atoms with Crippen LogP contribution in [-0.2, 0) is 0 Å². The van der Waals surface area contributed by atoms with Gasteiger partial charge in [-0.15, -0.1) is 18.6 Å². The third kappa shape index (κ3) is 4.98. The molecule has 2 rings (SSSR count). The van der Waals surface area contributed by atoms with Crippen molar-refractivity contribution in [3.8, 4) is 0 Å². The van der Waals surface area contributed by atoms with E-state index < -0.39 is 0 Å². The Kier molecular flexibility index (Phi) is 7.17. The zero-order chi connectivity index (χ0) is 11.2. The molecule has 0 spiro atoms. The van der Waals surface area contributed by atoms with Crippen LogP contribution in [0.5, 0.6) is 0 Å². The van der Waals surface area contributed by atoms with Crippen molar-refractivity contribution in [1.29, 1.82) is 0 Å². The second-order valence-corrected chi connectivity index (χ2v) is 3.96. The van der Waals surface area contributed by atoms with E-state index in [0.717, 1.165) is 6.42 Å². The number of benzene rings is 2. The van der Waals surface area contributed by atoms with Gasteiger partial charge in [0.1, 0.15) is 0 Å². The average molecular weight is 247 g/mol. The van der Waals surface area contributed by atoms with Crippen molar-refractivity contribution < 1.29 is 51.4 Å². The fraction of sp³-hybridized carbons (Fsp3) is 0.125. The Morgan fingerprint density at radius 3 is 2.00 bits per heavy atom. The van der Waals surface area contributed by atoms with Gasteiger partial charge in [-0.2, -0.15) is 30.0 Å². The molecule has 0 bridgehead atoms. The van der Waals surface area contributed by atoms with E-state index in [9.17, 15) is 0 Å². The summed E-state index contributed by atoms with van der Waals surface area (Å²) in [6.45, 7) is 4.19. The molecule has 1 heteroatoms. The van der Waals surface area contributed by atoms with Gasteiger partial charge in [0, 0.05) is 0 Å². The first-order valence-corrected chi connectivity index (χ1v) is 5.62. The molecular formula is C16H16K-. The van der Waals surface area contributed by atoms with Crippen LogP contribution in [0, 0.1) is 13.3 Å². The summed E-state index contributed by atoms with van der Waals surface area (Å²) in [4.78, 5) is 0. The Hall–Kier alpha value is -0.0536. The first kappa shape index (κ1) is 15.0. The molecule has 0 aliphatic rings. The van der Waals surface area contributed by atoms with E-state index in [2.05, 4.69) is 61.9 Å². The van der Waals surface area contributed by atoms with E-state index in [-0.39, 0.29) is 51.4 Å². The van der Waals surface area contributed by atoms with Crippen LogP contribution in [0.3, 0.4) is 0 Å². The molecule has 0 radical (unpaired) electrons.